The zero-order valence-electron chi connectivity index (χ0n) is 13.3. The molecule has 2 aromatic rings. The molecule has 0 saturated heterocycles. The number of hydrogen-bond acceptors (Lipinski definition) is 2. The van der Waals surface area contributed by atoms with Gasteiger partial charge in [0.2, 0.25) is 0 Å². The quantitative estimate of drug-likeness (QED) is 0.777. The molecule has 0 aliphatic rings. The zero-order chi connectivity index (χ0) is 15.3. The number of rotatable bonds is 6. The number of methoxy groups -OCH3 is 1. The molecule has 0 fully saturated rings. The molecule has 0 bridgehead atoms. The number of hydrogen-bond donors (Lipinski definition) is 0. The fraction of sp³-hybridized carbons (Fsp3) is 0.368. The molecule has 0 aromatic heterocycles. The minimum Gasteiger partial charge on any atom is -0.370 e. The van der Waals surface area contributed by atoms with E-state index in [0.717, 1.165) is 11.1 Å². The van der Waals surface area contributed by atoms with Crippen LogP contribution in [0, 0.1) is 0 Å². The molecular formula is C19H24O2. The maximum absolute atomic E-state index is 6.20. The van der Waals surface area contributed by atoms with E-state index >= 15 is 0 Å². The van der Waals surface area contributed by atoms with Crippen molar-refractivity contribution in [3.8, 4) is 0 Å². The van der Waals surface area contributed by atoms with Crippen LogP contribution in [0.5, 0.6) is 0 Å². The van der Waals surface area contributed by atoms with Crippen LogP contribution >= 0.6 is 0 Å². The zero-order valence-corrected chi connectivity index (χ0v) is 13.3. The standard InChI is InChI=1S/C19H24O2/c1-5-21-19(3,17-14-10-7-11-15-17)18(2,20-4)16-12-8-6-9-13-16/h6-15H,5H2,1-4H3. The van der Waals surface area contributed by atoms with E-state index in [1.165, 1.54) is 0 Å². The van der Waals surface area contributed by atoms with Gasteiger partial charge in [0.15, 0.2) is 0 Å². The van der Waals surface area contributed by atoms with Crippen molar-refractivity contribution in [1.29, 1.82) is 0 Å². The van der Waals surface area contributed by atoms with Crippen LogP contribution in [-0.4, -0.2) is 13.7 Å². The van der Waals surface area contributed by atoms with Gasteiger partial charge in [0, 0.05) is 13.7 Å². The van der Waals surface area contributed by atoms with Gasteiger partial charge in [-0.15, -0.1) is 0 Å². The smallest absolute Gasteiger partial charge is 0.123 e. The predicted molar refractivity (Wildman–Crippen MR) is 86.2 cm³/mol. The summed E-state index contributed by atoms with van der Waals surface area (Å²) in [5, 5.41) is 0. The van der Waals surface area contributed by atoms with E-state index in [9.17, 15) is 0 Å². The highest BCUT2D eigenvalue weighted by Gasteiger charge is 2.48. The highest BCUT2D eigenvalue weighted by molar-refractivity contribution is 5.33. The molecule has 0 amide bonds. The molecule has 112 valence electrons. The summed E-state index contributed by atoms with van der Waals surface area (Å²) in [4.78, 5) is 0. The molecule has 2 rings (SSSR count). The molecule has 2 atom stereocenters. The van der Waals surface area contributed by atoms with E-state index < -0.39 is 11.2 Å². The van der Waals surface area contributed by atoms with Gasteiger partial charge in [0.1, 0.15) is 11.2 Å². The van der Waals surface area contributed by atoms with Crippen molar-refractivity contribution in [3.63, 3.8) is 0 Å². The van der Waals surface area contributed by atoms with Crippen molar-refractivity contribution in [1.82, 2.24) is 0 Å². The topological polar surface area (TPSA) is 18.5 Å². The minimum absolute atomic E-state index is 0.570. The van der Waals surface area contributed by atoms with Crippen LogP contribution in [0.1, 0.15) is 31.9 Å². The number of benzene rings is 2. The van der Waals surface area contributed by atoms with Crippen LogP contribution in [0.2, 0.25) is 0 Å². The third kappa shape index (κ3) is 2.74. The van der Waals surface area contributed by atoms with Crippen molar-refractivity contribution in [2.75, 3.05) is 13.7 Å². The normalized spacial score (nSPS) is 17.0. The first-order valence-corrected chi connectivity index (χ1v) is 7.38. The Labute approximate surface area is 127 Å². The predicted octanol–water partition coefficient (Wildman–Crippen LogP) is 4.50. The van der Waals surface area contributed by atoms with Gasteiger partial charge in [0.25, 0.3) is 0 Å². The lowest BCUT2D eigenvalue weighted by atomic mass is 9.75. The SMILES string of the molecule is CCOC(C)(c1ccccc1)C(C)(OC)c1ccccc1. The molecule has 2 aromatic carbocycles. The van der Waals surface area contributed by atoms with Gasteiger partial charge in [-0.25, -0.2) is 0 Å². The van der Waals surface area contributed by atoms with Gasteiger partial charge in [-0.3, -0.25) is 0 Å². The van der Waals surface area contributed by atoms with Crippen molar-refractivity contribution in [2.24, 2.45) is 0 Å². The summed E-state index contributed by atoms with van der Waals surface area (Å²) in [5.41, 5.74) is 1.07. The summed E-state index contributed by atoms with van der Waals surface area (Å²) in [7, 11) is 1.74. The first-order valence-electron chi connectivity index (χ1n) is 7.38. The Morgan fingerprint density at radius 3 is 1.57 bits per heavy atom. The van der Waals surface area contributed by atoms with E-state index in [1.54, 1.807) is 7.11 Å². The fourth-order valence-corrected chi connectivity index (χ4v) is 2.89. The summed E-state index contributed by atoms with van der Waals surface area (Å²) in [6.45, 7) is 6.83. The molecule has 21 heavy (non-hydrogen) atoms. The molecule has 2 unspecified atom stereocenters. The molecule has 0 spiro atoms. The first-order chi connectivity index (χ1) is 10.1. The van der Waals surface area contributed by atoms with Crippen molar-refractivity contribution < 1.29 is 9.47 Å². The fourth-order valence-electron chi connectivity index (χ4n) is 2.89. The Morgan fingerprint density at radius 2 is 1.19 bits per heavy atom. The summed E-state index contributed by atoms with van der Waals surface area (Å²) in [5.74, 6) is 0. The van der Waals surface area contributed by atoms with Gasteiger partial charge >= 0.3 is 0 Å². The largest absolute Gasteiger partial charge is 0.370 e. The van der Waals surface area contributed by atoms with E-state index in [2.05, 4.69) is 38.1 Å². The van der Waals surface area contributed by atoms with Crippen LogP contribution in [-0.2, 0) is 20.7 Å². The van der Waals surface area contributed by atoms with Gasteiger partial charge in [-0.2, -0.15) is 0 Å². The summed E-state index contributed by atoms with van der Waals surface area (Å²) in [6.07, 6.45) is 0. The second-order valence-electron chi connectivity index (χ2n) is 5.44. The highest BCUT2D eigenvalue weighted by atomic mass is 16.6. The average molecular weight is 284 g/mol. The van der Waals surface area contributed by atoms with Gasteiger partial charge in [-0.05, 0) is 31.9 Å². The van der Waals surface area contributed by atoms with Crippen molar-refractivity contribution in [2.45, 2.75) is 32.0 Å². The second-order valence-corrected chi connectivity index (χ2v) is 5.44. The first kappa shape index (κ1) is 15.7. The van der Waals surface area contributed by atoms with Crippen LogP contribution in [0.3, 0.4) is 0 Å². The molecule has 0 radical (unpaired) electrons. The Kier molecular flexibility index (Phi) is 4.81. The van der Waals surface area contributed by atoms with Crippen LogP contribution in [0.15, 0.2) is 60.7 Å². The highest BCUT2D eigenvalue weighted by Crippen LogP contribution is 2.45. The Balaban J connectivity index is 2.59. The van der Waals surface area contributed by atoms with Gasteiger partial charge < -0.3 is 9.47 Å². The minimum atomic E-state index is -0.578. The van der Waals surface area contributed by atoms with E-state index in [-0.39, 0.29) is 0 Å². The Bertz CT molecular complexity index is 552. The van der Waals surface area contributed by atoms with E-state index in [1.807, 2.05) is 43.3 Å². The molecule has 2 heteroatoms. The average Bonchev–Trinajstić information content (AvgIpc) is 2.55. The lowest BCUT2D eigenvalue weighted by Gasteiger charge is -2.45. The summed E-state index contributed by atoms with van der Waals surface area (Å²) < 4.78 is 12.2. The molecule has 0 N–H and O–H groups in total. The third-order valence-corrected chi connectivity index (χ3v) is 4.40. The van der Waals surface area contributed by atoms with Crippen LogP contribution in [0.25, 0.3) is 0 Å². The van der Waals surface area contributed by atoms with Gasteiger partial charge in [0.05, 0.1) is 0 Å². The molecule has 2 nitrogen and oxygen atoms in total. The van der Waals surface area contributed by atoms with Crippen molar-refractivity contribution >= 4 is 0 Å². The van der Waals surface area contributed by atoms with E-state index in [0.29, 0.717) is 6.61 Å². The summed E-state index contributed by atoms with van der Waals surface area (Å²) >= 11 is 0. The third-order valence-electron chi connectivity index (χ3n) is 4.40. The molecule has 0 heterocycles. The molecule has 0 aliphatic carbocycles. The number of ether oxygens (including phenoxy) is 2. The lowest BCUT2D eigenvalue weighted by Crippen LogP contribution is -2.48. The maximum Gasteiger partial charge on any atom is 0.123 e. The van der Waals surface area contributed by atoms with E-state index in [4.69, 9.17) is 9.47 Å². The maximum atomic E-state index is 6.20. The summed E-state index contributed by atoms with van der Waals surface area (Å²) in [6, 6.07) is 20.5. The van der Waals surface area contributed by atoms with Crippen molar-refractivity contribution in [3.05, 3.63) is 71.8 Å². The molecule has 0 saturated carbocycles. The van der Waals surface area contributed by atoms with Crippen LogP contribution < -0.4 is 0 Å². The Morgan fingerprint density at radius 1 is 0.762 bits per heavy atom. The van der Waals surface area contributed by atoms with Crippen LogP contribution in [0.4, 0.5) is 0 Å². The second kappa shape index (κ2) is 6.42. The Hall–Kier alpha value is -1.64. The van der Waals surface area contributed by atoms with Gasteiger partial charge in [-0.1, -0.05) is 60.7 Å². The molecular weight excluding hydrogens is 260 g/mol. The lowest BCUT2D eigenvalue weighted by molar-refractivity contribution is -0.192. The molecule has 0 aliphatic heterocycles. The monoisotopic (exact) mass is 284 g/mol.